The third-order valence-electron chi connectivity index (χ3n) is 4.98. The molecule has 0 spiro atoms. The summed E-state index contributed by atoms with van der Waals surface area (Å²) in [6, 6.07) is 2.92. The number of hydrogen-bond donors (Lipinski definition) is 2. The van der Waals surface area contributed by atoms with Crippen molar-refractivity contribution >= 4 is 15.7 Å². The first-order chi connectivity index (χ1) is 12.0. The number of benzene rings is 1. The Morgan fingerprint density at radius 2 is 1.85 bits per heavy atom. The summed E-state index contributed by atoms with van der Waals surface area (Å²) in [5.74, 6) is 0.435. The Morgan fingerprint density at radius 3 is 2.35 bits per heavy atom. The van der Waals surface area contributed by atoms with Gasteiger partial charge in [0.05, 0.1) is 10.5 Å². The molecule has 1 aliphatic carbocycles. The van der Waals surface area contributed by atoms with Crippen molar-refractivity contribution in [3.05, 3.63) is 23.8 Å². The van der Waals surface area contributed by atoms with E-state index in [2.05, 4.69) is 5.32 Å². The van der Waals surface area contributed by atoms with Gasteiger partial charge in [0, 0.05) is 18.3 Å². The lowest BCUT2D eigenvalue weighted by Gasteiger charge is -2.35. The molecule has 0 bridgehead atoms. The van der Waals surface area contributed by atoms with E-state index in [-0.39, 0.29) is 11.7 Å². The van der Waals surface area contributed by atoms with Gasteiger partial charge in [0.25, 0.3) is 0 Å². The van der Waals surface area contributed by atoms with Gasteiger partial charge in [-0.25, -0.2) is 13.6 Å². The quantitative estimate of drug-likeness (QED) is 0.778. The van der Waals surface area contributed by atoms with Crippen LogP contribution in [0.1, 0.15) is 37.7 Å². The Labute approximate surface area is 152 Å². The van der Waals surface area contributed by atoms with Crippen LogP contribution in [0.5, 0.6) is 0 Å². The highest BCUT2D eigenvalue weighted by Gasteiger charge is 2.35. The summed E-state index contributed by atoms with van der Waals surface area (Å²) in [5.41, 5.74) is -1.15. The van der Waals surface area contributed by atoms with Crippen molar-refractivity contribution in [3.63, 3.8) is 0 Å². The highest BCUT2D eigenvalue weighted by atomic mass is 32.2. The van der Waals surface area contributed by atoms with Crippen LogP contribution in [0.25, 0.3) is 0 Å². The smallest absolute Gasteiger partial charge is 0.383 e. The first kappa shape index (κ1) is 21.0. The molecule has 5 nitrogen and oxygen atoms in total. The van der Waals surface area contributed by atoms with Crippen LogP contribution in [0.3, 0.4) is 0 Å². The number of hydrogen-bond acceptors (Lipinski definition) is 4. The Morgan fingerprint density at radius 1 is 1.23 bits per heavy atom. The molecule has 148 valence electrons. The van der Waals surface area contributed by atoms with Gasteiger partial charge in [0.15, 0.2) is 0 Å². The van der Waals surface area contributed by atoms with Gasteiger partial charge in [-0.15, -0.1) is 0 Å². The second-order valence-electron chi connectivity index (χ2n) is 7.06. The molecule has 1 fully saturated rings. The molecule has 0 saturated heterocycles. The third kappa shape index (κ3) is 5.34. The average Bonchev–Trinajstić information content (AvgIpc) is 2.54. The van der Waals surface area contributed by atoms with E-state index in [0.717, 1.165) is 37.8 Å². The zero-order chi connectivity index (χ0) is 19.5. The summed E-state index contributed by atoms with van der Waals surface area (Å²) in [4.78, 5) is 1.49. The molecule has 3 N–H and O–H groups in total. The minimum Gasteiger partial charge on any atom is -0.383 e. The van der Waals surface area contributed by atoms with Gasteiger partial charge in [0.1, 0.15) is 0 Å². The summed E-state index contributed by atoms with van der Waals surface area (Å²) < 4.78 is 62.8. The van der Waals surface area contributed by atoms with Gasteiger partial charge in [-0.1, -0.05) is 19.3 Å². The summed E-state index contributed by atoms with van der Waals surface area (Å²) in [6.45, 7) is 0.357. The van der Waals surface area contributed by atoms with E-state index in [4.69, 9.17) is 5.14 Å². The molecule has 0 radical (unpaired) electrons. The predicted octanol–water partition coefficient (Wildman–Crippen LogP) is 3.28. The number of nitrogens with one attached hydrogen (secondary N) is 1. The Hall–Kier alpha value is -1.32. The van der Waals surface area contributed by atoms with Gasteiger partial charge in [-0.05, 0) is 51.1 Å². The number of nitrogens with two attached hydrogens (primary N) is 1. The Kier molecular flexibility index (Phi) is 6.57. The minimum absolute atomic E-state index is 0.106. The lowest BCUT2D eigenvalue weighted by atomic mass is 9.83. The second kappa shape index (κ2) is 8.14. The Balaban J connectivity index is 2.24. The van der Waals surface area contributed by atoms with Crippen molar-refractivity contribution < 1.29 is 21.6 Å². The summed E-state index contributed by atoms with van der Waals surface area (Å²) in [7, 11) is -0.348. The van der Waals surface area contributed by atoms with Crippen LogP contribution in [0.4, 0.5) is 18.9 Å². The zero-order valence-electron chi connectivity index (χ0n) is 15.0. The summed E-state index contributed by atoms with van der Waals surface area (Å²) >= 11 is 0. The molecule has 0 heterocycles. The van der Waals surface area contributed by atoms with E-state index in [1.165, 1.54) is 6.42 Å². The number of alkyl halides is 3. The maximum Gasteiger partial charge on any atom is 0.418 e. The number of nitrogens with zero attached hydrogens (tertiary/aromatic N) is 1. The zero-order valence-corrected chi connectivity index (χ0v) is 15.8. The summed E-state index contributed by atoms with van der Waals surface area (Å²) in [6.07, 6.45) is 0.957. The van der Waals surface area contributed by atoms with Gasteiger partial charge in [0.2, 0.25) is 10.0 Å². The molecule has 9 heteroatoms. The molecule has 1 unspecified atom stereocenters. The maximum atomic E-state index is 13.4. The van der Waals surface area contributed by atoms with Crippen molar-refractivity contribution in [2.75, 3.05) is 26.0 Å². The van der Waals surface area contributed by atoms with Gasteiger partial charge in [-0.3, -0.25) is 0 Å². The topological polar surface area (TPSA) is 75.4 Å². The van der Waals surface area contributed by atoms with E-state index in [0.29, 0.717) is 18.5 Å². The highest BCUT2D eigenvalue weighted by molar-refractivity contribution is 7.89. The predicted molar refractivity (Wildman–Crippen MR) is 95.4 cm³/mol. The van der Waals surface area contributed by atoms with Crippen LogP contribution in [0, 0.1) is 5.92 Å². The summed E-state index contributed by atoms with van der Waals surface area (Å²) in [5, 5.41) is 7.84. The highest BCUT2D eigenvalue weighted by Crippen LogP contribution is 2.36. The molecule has 1 aliphatic rings. The number of rotatable bonds is 6. The van der Waals surface area contributed by atoms with Crippen LogP contribution in [0.15, 0.2) is 23.1 Å². The van der Waals surface area contributed by atoms with Gasteiger partial charge < -0.3 is 10.2 Å². The molecular formula is C17H26F3N3O2S. The van der Waals surface area contributed by atoms with E-state index < -0.39 is 26.7 Å². The minimum atomic E-state index is -4.68. The number of primary sulfonamides is 1. The van der Waals surface area contributed by atoms with Crippen molar-refractivity contribution in [1.29, 1.82) is 0 Å². The fourth-order valence-electron chi connectivity index (χ4n) is 3.59. The maximum absolute atomic E-state index is 13.4. The SMILES string of the molecule is CN(C)C(CNc1ccc(S(N)(=O)=O)cc1C(F)(F)F)C1CCCCC1. The van der Waals surface area contributed by atoms with E-state index in [1.54, 1.807) is 0 Å². The van der Waals surface area contributed by atoms with E-state index in [1.807, 2.05) is 19.0 Å². The molecule has 0 amide bonds. The van der Waals surface area contributed by atoms with Crippen LogP contribution in [0.2, 0.25) is 0 Å². The number of likely N-dealkylation sites (N-methyl/N-ethyl adjacent to an activating group) is 1. The largest absolute Gasteiger partial charge is 0.418 e. The van der Waals surface area contributed by atoms with Crippen LogP contribution < -0.4 is 10.5 Å². The lowest BCUT2D eigenvalue weighted by Crippen LogP contribution is -2.41. The molecule has 1 atom stereocenters. The van der Waals surface area contributed by atoms with Crippen molar-refractivity contribution in [2.45, 2.75) is 49.2 Å². The lowest BCUT2D eigenvalue weighted by molar-refractivity contribution is -0.137. The van der Waals surface area contributed by atoms with Crippen molar-refractivity contribution in [1.82, 2.24) is 4.90 Å². The van der Waals surface area contributed by atoms with Gasteiger partial charge >= 0.3 is 6.18 Å². The first-order valence-electron chi connectivity index (χ1n) is 8.64. The standard InChI is InChI=1S/C17H26F3N3O2S/c1-23(2)16(12-6-4-3-5-7-12)11-22-15-9-8-13(26(21,24)25)10-14(15)17(18,19)20/h8-10,12,16,22H,3-7,11H2,1-2H3,(H2,21,24,25). The number of halogens is 3. The molecule has 1 aromatic rings. The monoisotopic (exact) mass is 393 g/mol. The molecule has 26 heavy (non-hydrogen) atoms. The van der Waals surface area contributed by atoms with Crippen molar-refractivity contribution in [3.8, 4) is 0 Å². The Bertz CT molecular complexity index is 714. The van der Waals surface area contributed by atoms with E-state index >= 15 is 0 Å². The fourth-order valence-corrected chi connectivity index (χ4v) is 4.13. The average molecular weight is 393 g/mol. The van der Waals surface area contributed by atoms with Crippen LogP contribution in [-0.4, -0.2) is 40.0 Å². The molecule has 0 aliphatic heterocycles. The normalized spacial score (nSPS) is 18.1. The third-order valence-corrected chi connectivity index (χ3v) is 5.89. The van der Waals surface area contributed by atoms with Crippen molar-refractivity contribution in [2.24, 2.45) is 11.1 Å². The second-order valence-corrected chi connectivity index (χ2v) is 8.62. The molecule has 1 aromatic carbocycles. The first-order valence-corrected chi connectivity index (χ1v) is 10.2. The van der Waals surface area contributed by atoms with Gasteiger partial charge in [-0.2, -0.15) is 13.2 Å². The molecule has 1 saturated carbocycles. The van der Waals surface area contributed by atoms with Crippen LogP contribution in [-0.2, 0) is 16.2 Å². The number of sulfonamides is 1. The molecular weight excluding hydrogens is 367 g/mol. The van der Waals surface area contributed by atoms with Crippen LogP contribution >= 0.6 is 0 Å². The molecule has 0 aromatic heterocycles. The van der Waals surface area contributed by atoms with E-state index in [9.17, 15) is 21.6 Å². The number of anilines is 1. The fraction of sp³-hybridized carbons (Fsp3) is 0.647. The molecule has 2 rings (SSSR count).